The van der Waals surface area contributed by atoms with E-state index in [1.165, 1.54) is 58.0 Å². The van der Waals surface area contributed by atoms with Gasteiger partial charge in [0.2, 0.25) is 0 Å². The number of nitrogens with two attached hydrogens (primary N) is 1. The highest BCUT2D eigenvalue weighted by molar-refractivity contribution is 4.84. The summed E-state index contributed by atoms with van der Waals surface area (Å²) in [5.41, 5.74) is 5.94. The lowest BCUT2D eigenvalue weighted by molar-refractivity contribution is 0.122. The Balaban J connectivity index is 1.89. The number of rotatable bonds is 3. The van der Waals surface area contributed by atoms with Gasteiger partial charge in [0.25, 0.3) is 0 Å². The average molecular weight is 196 g/mol. The minimum absolute atomic E-state index is 0.706. The molecule has 1 unspecified atom stereocenters. The van der Waals surface area contributed by atoms with Crippen LogP contribution in [0.4, 0.5) is 0 Å². The van der Waals surface area contributed by atoms with Crippen LogP contribution >= 0.6 is 0 Å². The van der Waals surface area contributed by atoms with Crippen LogP contribution in [0.25, 0.3) is 0 Å². The number of hydrogen-bond donors (Lipinski definition) is 1. The fourth-order valence-electron chi connectivity index (χ4n) is 3.23. The lowest BCUT2D eigenvalue weighted by Crippen LogP contribution is -2.47. The second kappa shape index (κ2) is 5.13. The number of piperidine rings is 1. The van der Waals surface area contributed by atoms with Crippen molar-refractivity contribution in [3.63, 3.8) is 0 Å². The van der Waals surface area contributed by atoms with Crippen LogP contribution in [0.15, 0.2) is 0 Å². The van der Waals surface area contributed by atoms with Crippen molar-refractivity contribution in [1.29, 1.82) is 0 Å². The topological polar surface area (TPSA) is 29.3 Å². The van der Waals surface area contributed by atoms with E-state index in [9.17, 15) is 0 Å². The van der Waals surface area contributed by atoms with Gasteiger partial charge in [-0.05, 0) is 44.7 Å². The predicted octanol–water partition coefficient (Wildman–Crippen LogP) is 1.99. The van der Waals surface area contributed by atoms with E-state index < -0.39 is 0 Å². The van der Waals surface area contributed by atoms with E-state index in [2.05, 4.69) is 4.90 Å². The number of nitrogens with zero attached hydrogens (tertiary/aromatic N) is 1. The summed E-state index contributed by atoms with van der Waals surface area (Å²) in [5, 5.41) is 0. The minimum atomic E-state index is 0.706. The molecule has 0 radical (unpaired) electrons. The summed E-state index contributed by atoms with van der Waals surface area (Å²) in [5.74, 6) is 0.915. The van der Waals surface area contributed by atoms with Crippen molar-refractivity contribution in [3.8, 4) is 0 Å². The molecular weight excluding hydrogens is 172 g/mol. The van der Waals surface area contributed by atoms with Crippen LogP contribution in [0.3, 0.4) is 0 Å². The highest BCUT2D eigenvalue weighted by Crippen LogP contribution is 2.30. The molecule has 0 amide bonds. The third-order valence-corrected chi connectivity index (χ3v) is 4.05. The zero-order valence-electron chi connectivity index (χ0n) is 9.25. The molecule has 1 aliphatic heterocycles. The second-order valence-electron chi connectivity index (χ2n) is 4.94. The Hall–Kier alpha value is -0.0800. The molecule has 82 valence electrons. The minimum Gasteiger partial charge on any atom is -0.329 e. The molecular formula is C12H24N2. The molecule has 2 heteroatoms. The van der Waals surface area contributed by atoms with E-state index in [-0.39, 0.29) is 0 Å². The van der Waals surface area contributed by atoms with E-state index in [0.29, 0.717) is 6.04 Å². The molecule has 1 aliphatic carbocycles. The van der Waals surface area contributed by atoms with Gasteiger partial charge in [-0.25, -0.2) is 0 Å². The first-order valence-corrected chi connectivity index (χ1v) is 6.36. The van der Waals surface area contributed by atoms with E-state index in [1.54, 1.807) is 0 Å². The maximum absolute atomic E-state index is 5.94. The number of likely N-dealkylation sites (tertiary alicyclic amines) is 1. The van der Waals surface area contributed by atoms with Crippen LogP contribution in [-0.4, -0.2) is 30.6 Å². The first kappa shape index (κ1) is 10.4. The quantitative estimate of drug-likeness (QED) is 0.748. The Morgan fingerprint density at radius 3 is 2.21 bits per heavy atom. The highest BCUT2D eigenvalue weighted by Gasteiger charge is 2.29. The van der Waals surface area contributed by atoms with Crippen LogP contribution in [0, 0.1) is 5.92 Å². The van der Waals surface area contributed by atoms with Gasteiger partial charge in [0, 0.05) is 12.6 Å². The normalized spacial score (nSPS) is 28.1. The van der Waals surface area contributed by atoms with Gasteiger partial charge in [0.15, 0.2) is 0 Å². The highest BCUT2D eigenvalue weighted by atomic mass is 15.2. The van der Waals surface area contributed by atoms with E-state index >= 15 is 0 Å². The first-order valence-electron chi connectivity index (χ1n) is 6.36. The van der Waals surface area contributed by atoms with Crippen LogP contribution in [0.1, 0.15) is 44.9 Å². The summed E-state index contributed by atoms with van der Waals surface area (Å²) in [6.45, 7) is 3.49. The van der Waals surface area contributed by atoms with E-state index in [0.717, 1.165) is 12.5 Å². The monoisotopic (exact) mass is 196 g/mol. The van der Waals surface area contributed by atoms with Crippen molar-refractivity contribution in [2.45, 2.75) is 51.0 Å². The molecule has 2 aliphatic rings. The van der Waals surface area contributed by atoms with Crippen molar-refractivity contribution in [3.05, 3.63) is 0 Å². The molecule has 0 aromatic carbocycles. The zero-order valence-corrected chi connectivity index (χ0v) is 9.25. The Morgan fingerprint density at radius 1 is 1.00 bits per heavy atom. The SMILES string of the molecule is NCC(C1CCCC1)N1CCCCC1. The standard InChI is InChI=1S/C12H24N2/c13-10-12(11-6-2-3-7-11)14-8-4-1-5-9-14/h11-12H,1-10,13H2. The third kappa shape index (κ3) is 2.29. The Labute approximate surface area is 87.8 Å². The first-order chi connectivity index (χ1) is 6.92. The van der Waals surface area contributed by atoms with Crippen LogP contribution in [0.2, 0.25) is 0 Å². The molecule has 0 aromatic rings. The maximum atomic E-state index is 5.94. The summed E-state index contributed by atoms with van der Waals surface area (Å²) in [6.07, 6.45) is 9.95. The van der Waals surface area contributed by atoms with Crippen molar-refractivity contribution in [1.82, 2.24) is 4.90 Å². The molecule has 1 atom stereocenters. The van der Waals surface area contributed by atoms with Gasteiger partial charge >= 0.3 is 0 Å². The molecule has 2 N–H and O–H groups in total. The fourth-order valence-corrected chi connectivity index (χ4v) is 3.23. The summed E-state index contributed by atoms with van der Waals surface area (Å²) < 4.78 is 0. The van der Waals surface area contributed by atoms with E-state index in [4.69, 9.17) is 5.73 Å². The van der Waals surface area contributed by atoms with Gasteiger partial charge in [-0.2, -0.15) is 0 Å². The maximum Gasteiger partial charge on any atom is 0.0246 e. The Bertz CT molecular complexity index is 158. The van der Waals surface area contributed by atoms with Crippen molar-refractivity contribution >= 4 is 0 Å². The third-order valence-electron chi connectivity index (χ3n) is 4.05. The van der Waals surface area contributed by atoms with Crippen molar-refractivity contribution < 1.29 is 0 Å². The molecule has 0 aromatic heterocycles. The summed E-state index contributed by atoms with van der Waals surface area (Å²) >= 11 is 0. The summed E-state index contributed by atoms with van der Waals surface area (Å²) in [4.78, 5) is 2.67. The largest absolute Gasteiger partial charge is 0.329 e. The van der Waals surface area contributed by atoms with E-state index in [1.807, 2.05) is 0 Å². The van der Waals surface area contributed by atoms with Crippen LogP contribution < -0.4 is 5.73 Å². The molecule has 1 heterocycles. The van der Waals surface area contributed by atoms with Gasteiger partial charge in [0.05, 0.1) is 0 Å². The number of hydrogen-bond acceptors (Lipinski definition) is 2. The summed E-state index contributed by atoms with van der Waals surface area (Å²) in [6, 6.07) is 0.706. The van der Waals surface area contributed by atoms with Crippen LogP contribution in [-0.2, 0) is 0 Å². The Kier molecular flexibility index (Phi) is 3.82. The zero-order chi connectivity index (χ0) is 9.80. The van der Waals surface area contributed by atoms with Gasteiger partial charge in [0.1, 0.15) is 0 Å². The van der Waals surface area contributed by atoms with Gasteiger partial charge in [-0.15, -0.1) is 0 Å². The van der Waals surface area contributed by atoms with Crippen LogP contribution in [0.5, 0.6) is 0 Å². The molecule has 0 spiro atoms. The molecule has 1 saturated heterocycles. The van der Waals surface area contributed by atoms with Gasteiger partial charge in [-0.3, -0.25) is 4.90 Å². The fraction of sp³-hybridized carbons (Fsp3) is 1.00. The van der Waals surface area contributed by atoms with Gasteiger partial charge in [-0.1, -0.05) is 19.3 Å². The smallest absolute Gasteiger partial charge is 0.0246 e. The molecule has 0 bridgehead atoms. The molecule has 2 fully saturated rings. The average Bonchev–Trinajstić information content (AvgIpc) is 2.74. The lowest BCUT2D eigenvalue weighted by atomic mass is 9.95. The molecule has 2 rings (SSSR count). The van der Waals surface area contributed by atoms with Gasteiger partial charge < -0.3 is 5.73 Å². The Morgan fingerprint density at radius 2 is 1.64 bits per heavy atom. The van der Waals surface area contributed by atoms with Crippen molar-refractivity contribution in [2.24, 2.45) is 11.7 Å². The molecule has 2 nitrogen and oxygen atoms in total. The second-order valence-corrected chi connectivity index (χ2v) is 4.94. The van der Waals surface area contributed by atoms with Crippen molar-refractivity contribution in [2.75, 3.05) is 19.6 Å². The molecule has 14 heavy (non-hydrogen) atoms. The predicted molar refractivity (Wildman–Crippen MR) is 60.2 cm³/mol. The molecule has 1 saturated carbocycles. The lowest BCUT2D eigenvalue weighted by Gasteiger charge is -2.37. The summed E-state index contributed by atoms with van der Waals surface area (Å²) in [7, 11) is 0.